The number of carbonyl (C=O) groups is 1. The van der Waals surface area contributed by atoms with E-state index in [4.69, 9.17) is 0 Å². The van der Waals surface area contributed by atoms with Crippen molar-refractivity contribution >= 4 is 6.04 Å². The van der Waals surface area contributed by atoms with Crippen molar-refractivity contribution in [1.82, 2.24) is 0 Å². The third-order valence-corrected chi connectivity index (χ3v) is 1.69. The summed E-state index contributed by atoms with van der Waals surface area (Å²) in [5.41, 5.74) is 0. The summed E-state index contributed by atoms with van der Waals surface area (Å²) >= 11 is 0. The first-order chi connectivity index (χ1) is 3.72. The second-order valence-electron chi connectivity index (χ2n) is 2.43. The van der Waals surface area contributed by atoms with E-state index in [1.54, 1.807) is 6.92 Å². The van der Waals surface area contributed by atoms with Gasteiger partial charge in [-0.15, -0.1) is 0 Å². The molecule has 0 saturated heterocycles. The lowest BCUT2D eigenvalue weighted by Gasteiger charge is -1.97. The van der Waals surface area contributed by atoms with Gasteiger partial charge in [-0.2, -0.15) is 4.39 Å². The quantitative estimate of drug-likeness (QED) is 0.500. The third kappa shape index (κ3) is 1.05. The molecule has 0 aromatic rings. The van der Waals surface area contributed by atoms with Crippen molar-refractivity contribution in [3.8, 4) is 0 Å². The van der Waals surface area contributed by atoms with Gasteiger partial charge >= 0.3 is 6.04 Å². The van der Waals surface area contributed by atoms with E-state index >= 15 is 0 Å². The molecule has 2 heteroatoms. The molecule has 1 fully saturated rings. The molecular weight excluding hydrogens is 107 g/mol. The molecule has 1 aliphatic carbocycles. The molecule has 0 N–H and O–H groups in total. The maximum absolute atomic E-state index is 11.7. The summed E-state index contributed by atoms with van der Waals surface area (Å²) in [7, 11) is 0. The Morgan fingerprint density at radius 2 is 2.25 bits per heavy atom. The van der Waals surface area contributed by atoms with Crippen molar-refractivity contribution in [3.63, 3.8) is 0 Å². The minimum absolute atomic E-state index is 0.324. The summed E-state index contributed by atoms with van der Waals surface area (Å²) < 4.78 is 11.7. The van der Waals surface area contributed by atoms with E-state index in [2.05, 4.69) is 0 Å². The van der Waals surface area contributed by atoms with Crippen molar-refractivity contribution in [2.75, 3.05) is 0 Å². The number of hydrogen-bond donors (Lipinski definition) is 0. The monoisotopic (exact) mass is 116 g/mol. The molecule has 1 rings (SSSR count). The Kier molecular flexibility index (Phi) is 1.32. The van der Waals surface area contributed by atoms with Crippen molar-refractivity contribution in [3.05, 3.63) is 0 Å². The first kappa shape index (κ1) is 5.73. The molecule has 1 saturated carbocycles. The van der Waals surface area contributed by atoms with E-state index in [1.165, 1.54) is 0 Å². The summed E-state index contributed by atoms with van der Waals surface area (Å²) in [6.07, 6.45) is 2.08. The van der Waals surface area contributed by atoms with E-state index in [9.17, 15) is 9.18 Å². The largest absolute Gasteiger partial charge is 0.304 e. The number of rotatable bonds is 2. The maximum Gasteiger partial charge on any atom is 0.304 e. The van der Waals surface area contributed by atoms with E-state index in [-0.39, 0.29) is 5.92 Å². The average Bonchev–Trinajstić information content (AvgIpc) is 2.43. The standard InChI is InChI=1S/C6H9FO/c1-4(6(7)8)5-2-3-5/h4-5H,2-3H2,1H3/t4-/m0/s1. The van der Waals surface area contributed by atoms with Gasteiger partial charge in [-0.3, -0.25) is 4.79 Å². The van der Waals surface area contributed by atoms with Gasteiger partial charge in [0, 0.05) is 5.92 Å². The number of halogens is 1. The van der Waals surface area contributed by atoms with Crippen molar-refractivity contribution < 1.29 is 9.18 Å². The normalized spacial score (nSPS) is 22.8. The van der Waals surface area contributed by atoms with E-state index in [0.717, 1.165) is 12.8 Å². The van der Waals surface area contributed by atoms with Crippen LogP contribution in [0.25, 0.3) is 0 Å². The fraction of sp³-hybridized carbons (Fsp3) is 0.833. The molecule has 46 valence electrons. The third-order valence-electron chi connectivity index (χ3n) is 1.69. The molecule has 0 radical (unpaired) electrons. The Bertz CT molecular complexity index is 107. The number of carbonyl (C=O) groups excluding carboxylic acids is 1. The molecule has 0 amide bonds. The van der Waals surface area contributed by atoms with E-state index < -0.39 is 6.04 Å². The predicted octanol–water partition coefficient (Wildman–Crippen LogP) is 1.53. The first-order valence-corrected chi connectivity index (χ1v) is 2.91. The maximum atomic E-state index is 11.7. The molecule has 0 bridgehead atoms. The highest BCUT2D eigenvalue weighted by molar-refractivity contribution is 5.71. The molecule has 1 atom stereocenters. The average molecular weight is 116 g/mol. The number of hydrogen-bond acceptors (Lipinski definition) is 1. The van der Waals surface area contributed by atoms with Crippen molar-refractivity contribution in [1.29, 1.82) is 0 Å². The molecule has 0 unspecified atom stereocenters. The second-order valence-corrected chi connectivity index (χ2v) is 2.43. The van der Waals surface area contributed by atoms with Crippen LogP contribution in [0, 0.1) is 11.8 Å². The highest BCUT2D eigenvalue weighted by Gasteiger charge is 2.32. The Balaban J connectivity index is 2.32. The zero-order chi connectivity index (χ0) is 6.15. The molecule has 0 aromatic carbocycles. The Morgan fingerprint density at radius 1 is 1.75 bits per heavy atom. The zero-order valence-corrected chi connectivity index (χ0v) is 4.86. The molecule has 0 heterocycles. The smallest absolute Gasteiger partial charge is 0.261 e. The van der Waals surface area contributed by atoms with Crippen LogP contribution in [0.1, 0.15) is 19.8 Å². The Labute approximate surface area is 47.9 Å². The first-order valence-electron chi connectivity index (χ1n) is 2.91. The molecule has 0 aliphatic heterocycles. The SMILES string of the molecule is C[C@H](C(=O)F)C1CC1. The van der Waals surface area contributed by atoms with E-state index in [1.807, 2.05) is 0 Å². The van der Waals surface area contributed by atoms with Crippen LogP contribution in [-0.2, 0) is 4.79 Å². The Hall–Kier alpha value is -0.400. The van der Waals surface area contributed by atoms with Crippen LogP contribution in [-0.4, -0.2) is 6.04 Å². The lowest BCUT2D eigenvalue weighted by molar-refractivity contribution is -0.133. The van der Waals surface area contributed by atoms with Crippen LogP contribution in [0.2, 0.25) is 0 Å². The van der Waals surface area contributed by atoms with Crippen LogP contribution >= 0.6 is 0 Å². The van der Waals surface area contributed by atoms with Crippen LogP contribution in [0.15, 0.2) is 0 Å². The topological polar surface area (TPSA) is 17.1 Å². The lowest BCUT2D eigenvalue weighted by atomic mass is 10.1. The van der Waals surface area contributed by atoms with Gasteiger partial charge in [0.05, 0.1) is 0 Å². The second kappa shape index (κ2) is 1.84. The fourth-order valence-electron chi connectivity index (χ4n) is 0.782. The minimum Gasteiger partial charge on any atom is -0.261 e. The summed E-state index contributed by atoms with van der Waals surface area (Å²) in [4.78, 5) is 9.96. The van der Waals surface area contributed by atoms with Crippen molar-refractivity contribution in [2.45, 2.75) is 19.8 Å². The van der Waals surface area contributed by atoms with Crippen molar-refractivity contribution in [2.24, 2.45) is 11.8 Å². The molecular formula is C6H9FO. The molecule has 1 nitrogen and oxygen atoms in total. The minimum atomic E-state index is -1.15. The van der Waals surface area contributed by atoms with Crippen LogP contribution in [0.4, 0.5) is 4.39 Å². The van der Waals surface area contributed by atoms with Gasteiger partial charge in [0.1, 0.15) is 0 Å². The van der Waals surface area contributed by atoms with Gasteiger partial charge in [0.2, 0.25) is 0 Å². The Morgan fingerprint density at radius 3 is 2.38 bits per heavy atom. The van der Waals surface area contributed by atoms with E-state index in [0.29, 0.717) is 5.92 Å². The highest BCUT2D eigenvalue weighted by Crippen LogP contribution is 2.36. The van der Waals surface area contributed by atoms with Crippen LogP contribution < -0.4 is 0 Å². The van der Waals surface area contributed by atoms with Gasteiger partial charge in [-0.05, 0) is 18.8 Å². The lowest BCUT2D eigenvalue weighted by Crippen LogP contribution is -2.05. The van der Waals surface area contributed by atoms with Crippen LogP contribution in [0.5, 0.6) is 0 Å². The fourth-order valence-corrected chi connectivity index (χ4v) is 0.782. The summed E-state index contributed by atoms with van der Waals surface area (Å²) in [6, 6.07) is -1.15. The summed E-state index contributed by atoms with van der Waals surface area (Å²) in [6.45, 7) is 1.65. The summed E-state index contributed by atoms with van der Waals surface area (Å²) in [5, 5.41) is 0. The molecule has 1 aliphatic rings. The highest BCUT2D eigenvalue weighted by atomic mass is 19.1. The van der Waals surface area contributed by atoms with Gasteiger partial charge in [0.15, 0.2) is 0 Å². The predicted molar refractivity (Wildman–Crippen MR) is 28.0 cm³/mol. The van der Waals surface area contributed by atoms with Gasteiger partial charge in [-0.1, -0.05) is 6.92 Å². The molecule has 0 aromatic heterocycles. The van der Waals surface area contributed by atoms with Gasteiger partial charge in [0.25, 0.3) is 0 Å². The zero-order valence-electron chi connectivity index (χ0n) is 4.86. The molecule has 0 spiro atoms. The van der Waals surface area contributed by atoms with Gasteiger partial charge in [-0.25, -0.2) is 0 Å². The van der Waals surface area contributed by atoms with Crippen LogP contribution in [0.3, 0.4) is 0 Å². The molecule has 8 heavy (non-hydrogen) atoms. The summed E-state index contributed by atoms with van der Waals surface area (Å²) in [5.74, 6) is 0.0440. The van der Waals surface area contributed by atoms with Gasteiger partial charge < -0.3 is 0 Å².